The summed E-state index contributed by atoms with van der Waals surface area (Å²) in [4.78, 5) is 8.55. The average molecular weight is 919 g/mol. The molecule has 0 bridgehead atoms. The number of benzene rings is 7. The van der Waals surface area contributed by atoms with Crippen LogP contribution in [0.15, 0.2) is 176 Å². The van der Waals surface area contributed by atoms with Gasteiger partial charge in [-0.15, -0.1) is 11.5 Å². The summed E-state index contributed by atoms with van der Waals surface area (Å²) in [6.45, 7) is 2.34. The first-order valence-corrected chi connectivity index (χ1v) is 19.0. The summed E-state index contributed by atoms with van der Waals surface area (Å²) in [5.74, 6) is 0.807. The van der Waals surface area contributed by atoms with E-state index in [9.17, 15) is 0 Å². The van der Waals surface area contributed by atoms with Gasteiger partial charge in [0.25, 0.3) is 0 Å². The number of pyridine rings is 1. The molecule has 57 heavy (non-hydrogen) atoms. The van der Waals surface area contributed by atoms with Gasteiger partial charge in [-0.3, -0.25) is 0 Å². The third-order valence-electron chi connectivity index (χ3n) is 11.2. The first-order valence-electron chi connectivity index (χ1n) is 20.5. The number of hydrogen-bond donors (Lipinski definition) is 0. The number of aromatic nitrogens is 2. The minimum atomic E-state index is -2.27. The zero-order chi connectivity index (χ0) is 40.3. The van der Waals surface area contributed by atoms with Crippen LogP contribution in [0.1, 0.15) is 29.1 Å². The molecule has 0 unspecified atom stereocenters. The van der Waals surface area contributed by atoms with Crippen LogP contribution >= 0.6 is 0 Å². The van der Waals surface area contributed by atoms with E-state index in [2.05, 4.69) is 164 Å². The van der Waals surface area contributed by atoms with Crippen molar-refractivity contribution in [2.45, 2.75) is 19.3 Å². The fraction of sp³-hybridized carbons (Fsp3) is 0.0962. The summed E-state index contributed by atoms with van der Waals surface area (Å²) >= 11 is 0. The van der Waals surface area contributed by atoms with Gasteiger partial charge in [-0.2, -0.15) is 47.5 Å². The Morgan fingerprint density at radius 3 is 1.98 bits per heavy atom. The van der Waals surface area contributed by atoms with E-state index in [4.69, 9.17) is 9.10 Å². The third kappa shape index (κ3) is 6.26. The Morgan fingerprint density at radius 2 is 1.25 bits per heavy atom. The Bertz CT molecular complexity index is 2960. The largest absolute Gasteiger partial charge is 2.00 e. The smallest absolute Gasteiger partial charge is 0.355 e. The van der Waals surface area contributed by atoms with E-state index in [1.165, 1.54) is 4.90 Å². The normalized spacial score (nSPS) is 13.5. The molecule has 0 saturated carbocycles. The van der Waals surface area contributed by atoms with Crippen molar-refractivity contribution in [2.24, 2.45) is 0 Å². The van der Waals surface area contributed by atoms with Gasteiger partial charge in [0, 0.05) is 22.8 Å². The van der Waals surface area contributed by atoms with E-state index in [-0.39, 0.29) is 27.7 Å². The van der Waals surface area contributed by atoms with Crippen LogP contribution in [0, 0.1) is 12.1 Å². The Balaban J connectivity index is 0.00000462. The van der Waals surface area contributed by atoms with E-state index in [0.717, 1.165) is 83.5 Å². The third-order valence-corrected chi connectivity index (χ3v) is 11.2. The second-order valence-corrected chi connectivity index (χ2v) is 14.9. The molecule has 0 fully saturated rings. The molecule has 278 valence electrons. The first kappa shape index (κ1) is 33.0. The Kier molecular flexibility index (Phi) is 8.50. The molecule has 1 aliphatic rings. The Labute approximate surface area is 353 Å². The molecule has 3 heterocycles. The fourth-order valence-electron chi connectivity index (χ4n) is 8.32. The van der Waals surface area contributed by atoms with E-state index in [1.807, 2.05) is 47.5 Å². The van der Waals surface area contributed by atoms with Crippen molar-refractivity contribution >= 4 is 38.9 Å². The van der Waals surface area contributed by atoms with Gasteiger partial charge in [-0.1, -0.05) is 134 Å². The molecule has 7 aromatic carbocycles. The maximum absolute atomic E-state index is 8.21. The number of para-hydroxylation sites is 3. The molecular formula is C52H40N4Pt. The molecular weight excluding hydrogens is 876 g/mol. The van der Waals surface area contributed by atoms with Crippen molar-refractivity contribution in [3.05, 3.63) is 199 Å². The van der Waals surface area contributed by atoms with Crippen LogP contribution in [0.25, 0.3) is 61.0 Å². The van der Waals surface area contributed by atoms with Crippen LogP contribution in [0.2, 0.25) is 0 Å². The van der Waals surface area contributed by atoms with Gasteiger partial charge in [0.2, 0.25) is 0 Å². The van der Waals surface area contributed by atoms with Crippen molar-refractivity contribution in [3.63, 3.8) is 0 Å². The topological polar surface area (TPSA) is 24.3 Å². The summed E-state index contributed by atoms with van der Waals surface area (Å²) in [7, 11) is 0. The maximum atomic E-state index is 8.21. The van der Waals surface area contributed by atoms with Gasteiger partial charge in [0.1, 0.15) is 5.82 Å². The first-order chi connectivity index (χ1) is 28.7. The molecule has 0 saturated heterocycles. The molecule has 4 nitrogen and oxygen atoms in total. The van der Waals surface area contributed by atoms with E-state index in [1.54, 1.807) is 0 Å². The predicted octanol–water partition coefficient (Wildman–Crippen LogP) is 12.6. The molecule has 5 heteroatoms. The summed E-state index contributed by atoms with van der Waals surface area (Å²) in [5.41, 5.74) is 12.7. The van der Waals surface area contributed by atoms with Crippen LogP contribution in [-0.2, 0) is 26.5 Å². The number of anilines is 3. The second kappa shape index (κ2) is 14.7. The average Bonchev–Trinajstić information content (AvgIpc) is 3.84. The molecule has 0 amide bonds. The van der Waals surface area contributed by atoms with Gasteiger partial charge in [-0.25, -0.2) is 4.98 Å². The fourth-order valence-corrected chi connectivity index (χ4v) is 8.32. The summed E-state index contributed by atoms with van der Waals surface area (Å²) in [6, 6.07) is 66.3. The molecule has 0 spiro atoms. The predicted molar refractivity (Wildman–Crippen MR) is 233 cm³/mol. The van der Waals surface area contributed by atoms with Crippen molar-refractivity contribution < 1.29 is 25.2 Å². The van der Waals surface area contributed by atoms with Crippen molar-refractivity contribution in [2.75, 3.05) is 23.4 Å². The SMILES string of the molecule is [2H]C([2H])([2H])N1CN(c2[c-]c(C(C)(C)c3[c-]c4c(cc3)c3ccccc3n4-c3cc(-c4c(-c5ccccc5)cccc4-c4ccccc4)ccn3)ccc2)c2ccccc21.[Pt+2]. The molecule has 0 aliphatic carbocycles. The van der Waals surface area contributed by atoms with Crippen LogP contribution in [0.3, 0.4) is 0 Å². The Hall–Kier alpha value is -6.22. The molecule has 2 aromatic heterocycles. The van der Waals surface area contributed by atoms with Crippen molar-refractivity contribution in [1.29, 1.82) is 0 Å². The van der Waals surface area contributed by atoms with Gasteiger partial charge in [0.05, 0.1) is 18.0 Å². The number of rotatable bonds is 7. The molecule has 1 aliphatic heterocycles. The summed E-state index contributed by atoms with van der Waals surface area (Å²) < 4.78 is 26.9. The Morgan fingerprint density at radius 1 is 0.596 bits per heavy atom. The summed E-state index contributed by atoms with van der Waals surface area (Å²) in [5, 5.41) is 2.23. The van der Waals surface area contributed by atoms with Crippen molar-refractivity contribution in [3.8, 4) is 39.2 Å². The number of fused-ring (bicyclic) bond motifs is 4. The van der Waals surface area contributed by atoms with Gasteiger partial charge in [-0.05, 0) is 74.5 Å². The van der Waals surface area contributed by atoms with Crippen molar-refractivity contribution in [1.82, 2.24) is 9.55 Å². The zero-order valence-electron chi connectivity index (χ0n) is 34.6. The van der Waals surface area contributed by atoms with Crippen LogP contribution in [0.5, 0.6) is 0 Å². The monoisotopic (exact) mass is 918 g/mol. The standard InChI is InChI=1S/C52H40N4.Pt/c1-52(2,39-20-14-21-41(33-39)55-35-54(3)47-26-12-13-27-48(47)55)40-28-29-45-44-22-10-11-25-46(44)56(49(45)34-40)50-32-38(30-31-53-50)51-42(36-16-6-4-7-17-36)23-15-24-43(51)37-18-8-5-9-19-37;/h4-32H,35H2,1-3H3;/q-2;+2/i3D3;. The van der Waals surface area contributed by atoms with E-state index in [0.29, 0.717) is 5.69 Å². The molecule has 0 atom stereocenters. The number of hydrogen-bond acceptors (Lipinski definition) is 3. The molecule has 0 radical (unpaired) electrons. The number of nitrogens with zero attached hydrogens (tertiary/aromatic N) is 4. The minimum Gasteiger partial charge on any atom is -0.355 e. The molecule has 9 aromatic rings. The van der Waals surface area contributed by atoms with Gasteiger partial charge >= 0.3 is 21.1 Å². The van der Waals surface area contributed by atoms with E-state index < -0.39 is 12.4 Å². The summed E-state index contributed by atoms with van der Waals surface area (Å²) in [6.07, 6.45) is 1.92. The van der Waals surface area contributed by atoms with Crippen LogP contribution in [-0.4, -0.2) is 23.2 Å². The van der Waals surface area contributed by atoms with Gasteiger partial charge in [0.15, 0.2) is 0 Å². The van der Waals surface area contributed by atoms with E-state index >= 15 is 0 Å². The second-order valence-electron chi connectivity index (χ2n) is 14.9. The van der Waals surface area contributed by atoms with Crippen LogP contribution < -0.4 is 9.80 Å². The maximum Gasteiger partial charge on any atom is 2.00 e. The minimum absolute atomic E-state index is 0. The quantitative estimate of drug-likeness (QED) is 0.149. The van der Waals surface area contributed by atoms with Gasteiger partial charge < -0.3 is 14.4 Å². The zero-order valence-corrected chi connectivity index (χ0v) is 33.8. The van der Waals surface area contributed by atoms with Crippen LogP contribution in [0.4, 0.5) is 17.1 Å². The molecule has 0 N–H and O–H groups in total. The molecule has 10 rings (SSSR count).